The normalized spacial score (nSPS) is 16.3. The molecule has 19 heavy (non-hydrogen) atoms. The van der Waals surface area contributed by atoms with Crippen LogP contribution in [-0.2, 0) is 6.42 Å². The SMILES string of the molecule is O=[N+]([O-])c1ccccc1CCNCC1(CCO)CC1. The monoisotopic (exact) mass is 264 g/mol. The lowest BCUT2D eigenvalue weighted by atomic mass is 10.0. The molecule has 1 aliphatic rings. The molecule has 1 aromatic carbocycles. The Morgan fingerprint density at radius 3 is 2.74 bits per heavy atom. The number of hydrogen-bond donors (Lipinski definition) is 2. The lowest BCUT2D eigenvalue weighted by molar-refractivity contribution is -0.385. The lowest BCUT2D eigenvalue weighted by Gasteiger charge is -2.14. The maximum Gasteiger partial charge on any atom is 0.272 e. The molecule has 0 atom stereocenters. The average molecular weight is 264 g/mol. The Kier molecular flexibility index (Phi) is 4.50. The van der Waals surface area contributed by atoms with Crippen molar-refractivity contribution in [3.8, 4) is 0 Å². The second kappa shape index (κ2) is 6.12. The quantitative estimate of drug-likeness (QED) is 0.427. The van der Waals surface area contributed by atoms with Crippen LogP contribution in [0.2, 0.25) is 0 Å². The molecule has 0 aliphatic heterocycles. The van der Waals surface area contributed by atoms with Crippen LogP contribution >= 0.6 is 0 Å². The summed E-state index contributed by atoms with van der Waals surface area (Å²) in [5, 5.41) is 23.2. The number of nitrogens with one attached hydrogen (secondary N) is 1. The summed E-state index contributed by atoms with van der Waals surface area (Å²) in [6.07, 6.45) is 3.86. The van der Waals surface area contributed by atoms with E-state index in [1.807, 2.05) is 6.07 Å². The summed E-state index contributed by atoms with van der Waals surface area (Å²) < 4.78 is 0. The second-order valence-corrected chi connectivity index (χ2v) is 5.29. The highest BCUT2D eigenvalue weighted by Crippen LogP contribution is 2.47. The van der Waals surface area contributed by atoms with Crippen LogP contribution in [0.4, 0.5) is 5.69 Å². The molecule has 2 rings (SSSR count). The molecule has 104 valence electrons. The molecule has 0 radical (unpaired) electrons. The highest BCUT2D eigenvalue weighted by atomic mass is 16.6. The minimum Gasteiger partial charge on any atom is -0.396 e. The molecule has 5 heteroatoms. The zero-order valence-corrected chi connectivity index (χ0v) is 11.0. The van der Waals surface area contributed by atoms with Gasteiger partial charge in [0, 0.05) is 24.8 Å². The Labute approximate surface area is 112 Å². The van der Waals surface area contributed by atoms with Gasteiger partial charge >= 0.3 is 0 Å². The molecule has 5 nitrogen and oxygen atoms in total. The van der Waals surface area contributed by atoms with Crippen molar-refractivity contribution < 1.29 is 10.0 Å². The number of para-hydroxylation sites is 1. The Morgan fingerprint density at radius 1 is 1.37 bits per heavy atom. The smallest absolute Gasteiger partial charge is 0.272 e. The van der Waals surface area contributed by atoms with Crippen LogP contribution in [0.1, 0.15) is 24.8 Å². The topological polar surface area (TPSA) is 75.4 Å². The minimum atomic E-state index is -0.330. The molecule has 0 bridgehead atoms. The van der Waals surface area contributed by atoms with Gasteiger partial charge in [-0.3, -0.25) is 10.1 Å². The van der Waals surface area contributed by atoms with Gasteiger partial charge in [-0.25, -0.2) is 0 Å². The molecular weight excluding hydrogens is 244 g/mol. The van der Waals surface area contributed by atoms with Crippen molar-refractivity contribution in [3.05, 3.63) is 39.9 Å². The van der Waals surface area contributed by atoms with Crippen molar-refractivity contribution in [3.63, 3.8) is 0 Å². The second-order valence-electron chi connectivity index (χ2n) is 5.29. The molecule has 0 unspecified atom stereocenters. The number of hydrogen-bond acceptors (Lipinski definition) is 4. The number of rotatable bonds is 8. The predicted octanol–water partition coefficient (Wildman–Crippen LogP) is 1.89. The largest absolute Gasteiger partial charge is 0.396 e. The molecule has 2 N–H and O–H groups in total. The Hall–Kier alpha value is -1.46. The summed E-state index contributed by atoms with van der Waals surface area (Å²) in [6, 6.07) is 6.87. The van der Waals surface area contributed by atoms with E-state index in [2.05, 4.69) is 5.32 Å². The fourth-order valence-electron chi connectivity index (χ4n) is 2.41. The number of nitro groups is 1. The number of aliphatic hydroxyl groups is 1. The van der Waals surface area contributed by atoms with Gasteiger partial charge < -0.3 is 10.4 Å². The highest BCUT2D eigenvalue weighted by molar-refractivity contribution is 5.39. The summed E-state index contributed by atoms with van der Waals surface area (Å²) >= 11 is 0. The number of benzene rings is 1. The van der Waals surface area contributed by atoms with E-state index >= 15 is 0 Å². The van der Waals surface area contributed by atoms with Gasteiger partial charge in [0.1, 0.15) is 0 Å². The average Bonchev–Trinajstić information content (AvgIpc) is 3.16. The van der Waals surface area contributed by atoms with Crippen LogP contribution in [0.15, 0.2) is 24.3 Å². The third kappa shape index (κ3) is 3.75. The fourth-order valence-corrected chi connectivity index (χ4v) is 2.41. The molecule has 1 aromatic rings. The molecule has 0 saturated heterocycles. The molecule has 1 aliphatic carbocycles. The summed E-state index contributed by atoms with van der Waals surface area (Å²) in [5.74, 6) is 0. The summed E-state index contributed by atoms with van der Waals surface area (Å²) in [5.41, 5.74) is 1.25. The molecule has 0 aromatic heterocycles. The van der Waals surface area contributed by atoms with Gasteiger partial charge in [0.2, 0.25) is 0 Å². The van der Waals surface area contributed by atoms with Crippen molar-refractivity contribution in [2.45, 2.75) is 25.7 Å². The number of nitro benzene ring substituents is 1. The van der Waals surface area contributed by atoms with E-state index in [0.717, 1.165) is 25.1 Å². The van der Waals surface area contributed by atoms with Crippen molar-refractivity contribution in [1.29, 1.82) is 0 Å². The molecule has 0 spiro atoms. The van der Waals surface area contributed by atoms with Gasteiger partial charge in [-0.2, -0.15) is 0 Å². The van der Waals surface area contributed by atoms with E-state index in [9.17, 15) is 10.1 Å². The third-order valence-electron chi connectivity index (χ3n) is 3.86. The number of nitrogens with zero attached hydrogens (tertiary/aromatic N) is 1. The van der Waals surface area contributed by atoms with Crippen LogP contribution in [-0.4, -0.2) is 29.7 Å². The van der Waals surface area contributed by atoms with Crippen molar-refractivity contribution in [1.82, 2.24) is 5.32 Å². The maximum atomic E-state index is 10.9. The van der Waals surface area contributed by atoms with Crippen LogP contribution in [0.5, 0.6) is 0 Å². The van der Waals surface area contributed by atoms with Gasteiger partial charge in [0.05, 0.1) is 4.92 Å². The van der Waals surface area contributed by atoms with E-state index in [1.54, 1.807) is 18.2 Å². The Balaban J connectivity index is 1.78. The molecular formula is C14H20N2O3. The van der Waals surface area contributed by atoms with E-state index in [0.29, 0.717) is 6.42 Å². The van der Waals surface area contributed by atoms with Gasteiger partial charge in [-0.05, 0) is 37.6 Å². The Bertz CT molecular complexity index is 444. The van der Waals surface area contributed by atoms with Gasteiger partial charge in [0.25, 0.3) is 5.69 Å². The van der Waals surface area contributed by atoms with Gasteiger partial charge in [-0.1, -0.05) is 18.2 Å². The predicted molar refractivity (Wildman–Crippen MR) is 73.0 cm³/mol. The first-order chi connectivity index (χ1) is 9.17. The third-order valence-corrected chi connectivity index (χ3v) is 3.86. The lowest BCUT2D eigenvalue weighted by Crippen LogP contribution is -2.26. The molecule has 0 amide bonds. The molecule has 1 fully saturated rings. The van der Waals surface area contributed by atoms with Gasteiger partial charge in [-0.15, -0.1) is 0 Å². The standard InChI is InChI=1S/C14H20N2O3/c17-10-8-14(6-7-14)11-15-9-5-12-3-1-2-4-13(12)16(18)19/h1-4,15,17H,5-11H2. The van der Waals surface area contributed by atoms with Crippen LogP contribution in [0, 0.1) is 15.5 Å². The first kappa shape index (κ1) is 14.0. The van der Waals surface area contributed by atoms with E-state index in [4.69, 9.17) is 5.11 Å². The van der Waals surface area contributed by atoms with E-state index in [-0.39, 0.29) is 22.6 Å². The van der Waals surface area contributed by atoms with Crippen LogP contribution < -0.4 is 5.32 Å². The Morgan fingerprint density at radius 2 is 2.11 bits per heavy atom. The van der Waals surface area contributed by atoms with Crippen LogP contribution in [0.3, 0.4) is 0 Å². The first-order valence-electron chi connectivity index (χ1n) is 6.71. The number of aliphatic hydroxyl groups excluding tert-OH is 1. The van der Waals surface area contributed by atoms with Crippen molar-refractivity contribution >= 4 is 5.69 Å². The summed E-state index contributed by atoms with van der Waals surface area (Å²) in [7, 11) is 0. The zero-order chi connectivity index (χ0) is 13.7. The molecule has 1 saturated carbocycles. The van der Waals surface area contributed by atoms with Crippen molar-refractivity contribution in [2.24, 2.45) is 5.41 Å². The van der Waals surface area contributed by atoms with Gasteiger partial charge in [0.15, 0.2) is 0 Å². The summed E-state index contributed by atoms with van der Waals surface area (Å²) in [4.78, 5) is 10.5. The first-order valence-corrected chi connectivity index (χ1v) is 6.71. The summed E-state index contributed by atoms with van der Waals surface area (Å²) in [6.45, 7) is 1.87. The molecule has 0 heterocycles. The van der Waals surface area contributed by atoms with Crippen LogP contribution in [0.25, 0.3) is 0 Å². The zero-order valence-electron chi connectivity index (χ0n) is 11.0. The van der Waals surface area contributed by atoms with Crippen molar-refractivity contribution in [2.75, 3.05) is 19.7 Å². The fraction of sp³-hybridized carbons (Fsp3) is 0.571. The highest BCUT2D eigenvalue weighted by Gasteiger charge is 2.41. The maximum absolute atomic E-state index is 10.9. The minimum absolute atomic E-state index is 0.195. The van der Waals surface area contributed by atoms with E-state index in [1.165, 1.54) is 12.8 Å². The van der Waals surface area contributed by atoms with E-state index < -0.39 is 0 Å².